The lowest BCUT2D eigenvalue weighted by molar-refractivity contribution is -0.0308. The molecule has 0 unspecified atom stereocenters. The van der Waals surface area contributed by atoms with Crippen LogP contribution in [0.1, 0.15) is 28.5 Å². The second-order valence-corrected chi connectivity index (χ2v) is 6.54. The molecule has 4 heterocycles. The lowest BCUT2D eigenvalue weighted by Crippen LogP contribution is -2.36. The number of nitrogens with zero attached hydrogens (tertiary/aromatic N) is 5. The number of nitrogens with one attached hydrogen (secondary N) is 1. The Morgan fingerprint density at radius 3 is 2.95 bits per heavy atom. The molecule has 1 fully saturated rings. The van der Waals surface area contributed by atoms with Gasteiger partial charge in [-0.2, -0.15) is 18.6 Å². The van der Waals surface area contributed by atoms with Gasteiger partial charge < -0.3 is 4.90 Å². The van der Waals surface area contributed by atoms with Gasteiger partial charge in [-0.05, 0) is 0 Å². The fourth-order valence-electron chi connectivity index (χ4n) is 2.68. The first kappa shape index (κ1) is 13.6. The smallest absolute Gasteiger partial charge is 0.304 e. The molecule has 1 saturated heterocycles. The van der Waals surface area contributed by atoms with Crippen LogP contribution in [0.3, 0.4) is 0 Å². The van der Waals surface area contributed by atoms with Gasteiger partial charge in [0, 0.05) is 0 Å². The number of rotatable bonds is 3. The van der Waals surface area contributed by atoms with Gasteiger partial charge in [0.15, 0.2) is 5.82 Å². The van der Waals surface area contributed by atoms with Crippen LogP contribution >= 0.6 is 11.3 Å². The molecule has 0 spiro atoms. The molecular weight excluding hydrogens is 336 g/mol. The molecule has 0 aromatic carbocycles. The van der Waals surface area contributed by atoms with E-state index in [-0.39, 0.29) is 6.54 Å². The molecule has 2 atom stereocenters. The fourth-order valence-corrected chi connectivity index (χ4v) is 3.94. The minimum Gasteiger partial charge on any atom is -0.304 e. The molecule has 0 aliphatic carbocycles. The van der Waals surface area contributed by atoms with Crippen LogP contribution in [0.4, 0.5) is 4.79 Å². The van der Waals surface area contributed by atoms with Crippen molar-refractivity contribution in [1.29, 1.82) is 0 Å². The average Bonchev–Trinajstić information content (AvgIpc) is 3.15. The number of fused-ring (bicyclic) bond motifs is 4. The molecule has 2 aliphatic heterocycles. The maximum absolute atomic E-state index is 12.4. The molecule has 2 aliphatic rings. The van der Waals surface area contributed by atoms with Gasteiger partial charge >= 0.3 is 16.4 Å². The lowest BCUT2D eigenvalue weighted by Gasteiger charge is -2.27. The molecular formula is C9H8N6O5S2. The fraction of sp³-hybridized carbons (Fsp3) is 0.333. The van der Waals surface area contributed by atoms with Crippen molar-refractivity contribution in [1.82, 2.24) is 30.1 Å². The second-order valence-electron chi connectivity index (χ2n) is 4.65. The predicted molar refractivity (Wildman–Crippen MR) is 69.7 cm³/mol. The maximum Gasteiger partial charge on any atom is 0.418 e. The van der Waals surface area contributed by atoms with E-state index in [2.05, 4.69) is 24.4 Å². The van der Waals surface area contributed by atoms with Crippen LogP contribution in [0.25, 0.3) is 0 Å². The summed E-state index contributed by atoms with van der Waals surface area (Å²) in [7, 11) is -4.81. The number of hydroxylamine groups is 2. The van der Waals surface area contributed by atoms with E-state index in [4.69, 9.17) is 4.55 Å². The van der Waals surface area contributed by atoms with Gasteiger partial charge in [-0.15, -0.1) is 15.6 Å². The van der Waals surface area contributed by atoms with Gasteiger partial charge in [0.25, 0.3) is 0 Å². The first-order valence-corrected chi connectivity index (χ1v) is 8.25. The SMILES string of the molecule is O=C1N2C[C@@H](c3scnc3[C@H]2c2ncn[nH]2)N1OS(=O)(=O)O. The van der Waals surface area contributed by atoms with E-state index in [1.807, 2.05) is 0 Å². The minimum absolute atomic E-state index is 0.189. The highest BCUT2D eigenvalue weighted by molar-refractivity contribution is 7.80. The number of thiazole rings is 1. The van der Waals surface area contributed by atoms with Crippen molar-refractivity contribution in [2.45, 2.75) is 12.1 Å². The van der Waals surface area contributed by atoms with E-state index in [0.29, 0.717) is 21.5 Å². The van der Waals surface area contributed by atoms with Crippen molar-refractivity contribution in [3.8, 4) is 0 Å². The van der Waals surface area contributed by atoms with E-state index in [1.54, 1.807) is 5.51 Å². The van der Waals surface area contributed by atoms with E-state index in [1.165, 1.54) is 22.6 Å². The summed E-state index contributed by atoms with van der Waals surface area (Å²) in [5.41, 5.74) is 2.17. The second kappa shape index (κ2) is 4.45. The van der Waals surface area contributed by atoms with E-state index in [0.717, 1.165) is 0 Å². The Kier molecular flexibility index (Phi) is 2.75. The maximum atomic E-state index is 12.4. The van der Waals surface area contributed by atoms with Crippen molar-refractivity contribution < 1.29 is 22.0 Å². The van der Waals surface area contributed by atoms with Crippen molar-refractivity contribution in [2.24, 2.45) is 0 Å². The summed E-state index contributed by atoms with van der Waals surface area (Å²) in [6.45, 7) is 0.189. The average molecular weight is 344 g/mol. The molecule has 2 aromatic heterocycles. The number of amides is 2. The molecule has 2 aromatic rings. The monoisotopic (exact) mass is 344 g/mol. The molecule has 0 saturated carbocycles. The molecule has 0 radical (unpaired) electrons. The largest absolute Gasteiger partial charge is 0.418 e. The summed E-state index contributed by atoms with van der Waals surface area (Å²) >= 11 is 1.27. The third-order valence-electron chi connectivity index (χ3n) is 3.45. The normalized spacial score (nSPS) is 24.0. The first-order valence-electron chi connectivity index (χ1n) is 6.01. The van der Waals surface area contributed by atoms with Crippen LogP contribution < -0.4 is 0 Å². The summed E-state index contributed by atoms with van der Waals surface area (Å²) in [4.78, 5) is 22.7. The zero-order valence-electron chi connectivity index (χ0n) is 10.6. The van der Waals surface area contributed by atoms with Crippen LogP contribution in [0.2, 0.25) is 0 Å². The highest BCUT2D eigenvalue weighted by Crippen LogP contribution is 2.46. The number of carbonyl (C=O) groups is 1. The van der Waals surface area contributed by atoms with E-state index < -0.39 is 28.5 Å². The number of urea groups is 1. The Morgan fingerprint density at radius 2 is 2.27 bits per heavy atom. The molecule has 2 N–H and O–H groups in total. The van der Waals surface area contributed by atoms with Crippen LogP contribution in [0.15, 0.2) is 11.8 Å². The summed E-state index contributed by atoms with van der Waals surface area (Å²) in [5, 5.41) is 7.09. The molecule has 4 rings (SSSR count). The van der Waals surface area contributed by atoms with Crippen molar-refractivity contribution in [3.63, 3.8) is 0 Å². The molecule has 11 nitrogen and oxygen atoms in total. The summed E-state index contributed by atoms with van der Waals surface area (Å²) < 4.78 is 35.2. The Hall–Kier alpha value is -2.09. The third-order valence-corrected chi connectivity index (χ3v) is 4.75. The van der Waals surface area contributed by atoms with Crippen LogP contribution in [-0.4, -0.2) is 55.7 Å². The highest BCUT2D eigenvalue weighted by atomic mass is 32.3. The number of H-pyrrole nitrogens is 1. The van der Waals surface area contributed by atoms with Gasteiger partial charge in [-0.25, -0.2) is 14.8 Å². The third kappa shape index (κ3) is 1.90. The Bertz CT molecular complexity index is 833. The predicted octanol–water partition coefficient (Wildman–Crippen LogP) is -0.123. The van der Waals surface area contributed by atoms with E-state index >= 15 is 0 Å². The zero-order valence-corrected chi connectivity index (χ0v) is 12.3. The standard InChI is InChI=1S/C9H8N6O5S2/c16-9-14-1-4(15(9)20-22(17,18)19)7-5(11-3-21-7)6(14)8-10-2-12-13-8/h2-4,6H,1H2,(H,10,12,13)(H,17,18,19)/t4-,6-/m0/s1. The van der Waals surface area contributed by atoms with Gasteiger partial charge in [0.1, 0.15) is 18.4 Å². The van der Waals surface area contributed by atoms with Crippen LogP contribution in [-0.2, 0) is 14.7 Å². The minimum atomic E-state index is -4.81. The quantitative estimate of drug-likeness (QED) is 0.734. The van der Waals surface area contributed by atoms with Crippen LogP contribution in [0.5, 0.6) is 0 Å². The number of hydrogen-bond donors (Lipinski definition) is 2. The van der Waals surface area contributed by atoms with Crippen molar-refractivity contribution >= 4 is 27.8 Å². The van der Waals surface area contributed by atoms with Gasteiger partial charge in [-0.1, -0.05) is 0 Å². The Labute approximate surface area is 127 Å². The van der Waals surface area contributed by atoms with Gasteiger partial charge in [-0.3, -0.25) is 9.65 Å². The summed E-state index contributed by atoms with van der Waals surface area (Å²) in [6, 6.07) is -1.96. The number of aromatic amines is 1. The number of carbonyl (C=O) groups excluding carboxylic acids is 1. The molecule has 2 amide bonds. The number of hydrogen-bond acceptors (Lipinski definition) is 8. The van der Waals surface area contributed by atoms with Gasteiger partial charge in [0.2, 0.25) is 0 Å². The highest BCUT2D eigenvalue weighted by Gasteiger charge is 2.52. The Morgan fingerprint density at radius 1 is 1.45 bits per heavy atom. The number of aromatic nitrogens is 4. The molecule has 13 heteroatoms. The van der Waals surface area contributed by atoms with Crippen molar-refractivity contribution in [2.75, 3.05) is 6.54 Å². The first-order chi connectivity index (χ1) is 10.5. The summed E-state index contributed by atoms with van der Waals surface area (Å²) in [5.74, 6) is 0.410. The van der Waals surface area contributed by atoms with E-state index in [9.17, 15) is 13.2 Å². The van der Waals surface area contributed by atoms with Crippen LogP contribution in [0, 0.1) is 0 Å². The zero-order chi connectivity index (χ0) is 15.5. The van der Waals surface area contributed by atoms with Gasteiger partial charge in [0.05, 0.1) is 22.6 Å². The lowest BCUT2D eigenvalue weighted by atomic mass is 10.0. The molecule has 2 bridgehead atoms. The summed E-state index contributed by atoms with van der Waals surface area (Å²) in [6.07, 6.45) is 1.31. The topological polar surface area (TPSA) is 142 Å². The molecule has 116 valence electrons. The Balaban J connectivity index is 1.82. The molecule has 22 heavy (non-hydrogen) atoms. The van der Waals surface area contributed by atoms with Crippen molar-refractivity contribution in [3.05, 3.63) is 28.2 Å².